The molecule has 1 amide bonds. The van der Waals surface area contributed by atoms with E-state index in [-0.39, 0.29) is 11.9 Å². The lowest BCUT2D eigenvalue weighted by molar-refractivity contribution is -0.122. The second-order valence-electron chi connectivity index (χ2n) is 6.34. The van der Waals surface area contributed by atoms with Gasteiger partial charge in [-0.1, -0.05) is 12.1 Å². The first kappa shape index (κ1) is 19.1. The predicted octanol–water partition coefficient (Wildman–Crippen LogP) is 1.66. The number of carbonyl (C=O) groups excluding carboxylic acids is 1. The number of aromatic nitrogens is 1. The summed E-state index contributed by atoms with van der Waals surface area (Å²) in [4.78, 5) is 16.2. The fourth-order valence-electron chi connectivity index (χ4n) is 2.83. The summed E-state index contributed by atoms with van der Waals surface area (Å²) >= 11 is 0. The molecule has 2 N–H and O–H groups in total. The van der Waals surface area contributed by atoms with Crippen molar-refractivity contribution >= 4 is 5.91 Å². The third kappa shape index (κ3) is 5.94. The smallest absolute Gasteiger partial charge is 0.221 e. The lowest BCUT2D eigenvalue weighted by atomic mass is 10.1. The molecule has 1 atom stereocenters. The number of morpholine rings is 1. The van der Waals surface area contributed by atoms with Crippen molar-refractivity contribution in [3.63, 3.8) is 0 Å². The van der Waals surface area contributed by atoms with E-state index >= 15 is 0 Å². The van der Waals surface area contributed by atoms with Gasteiger partial charge in [-0.25, -0.2) is 0 Å². The summed E-state index contributed by atoms with van der Waals surface area (Å²) in [5.74, 6) is 1.28. The minimum absolute atomic E-state index is 0.00568. The minimum Gasteiger partial charge on any atom is -0.493 e. The zero-order valence-electron chi connectivity index (χ0n) is 15.4. The first-order chi connectivity index (χ1) is 13.2. The van der Waals surface area contributed by atoms with E-state index in [9.17, 15) is 4.79 Å². The first-order valence-electron chi connectivity index (χ1n) is 9.01. The van der Waals surface area contributed by atoms with Crippen molar-refractivity contribution in [1.29, 1.82) is 0 Å². The third-order valence-corrected chi connectivity index (χ3v) is 4.27. The molecule has 0 bridgehead atoms. The molecule has 1 fully saturated rings. The standard InChI is InChI=1S/C20H25N3O4/c1-25-19-9-15(12-23-20(24)10-17-14-26-8-7-22-17)4-5-18(19)27-13-16-3-2-6-21-11-16/h2-6,9,11,17,22H,7-8,10,12-14H2,1H3,(H,23,24). The highest BCUT2D eigenvalue weighted by Crippen LogP contribution is 2.28. The number of rotatable bonds is 8. The van der Waals surface area contributed by atoms with Crippen LogP contribution in [0.1, 0.15) is 17.5 Å². The van der Waals surface area contributed by atoms with Gasteiger partial charge in [-0.05, 0) is 23.8 Å². The topological polar surface area (TPSA) is 81.7 Å². The maximum absolute atomic E-state index is 12.1. The number of amides is 1. The minimum atomic E-state index is -0.00568. The fourth-order valence-corrected chi connectivity index (χ4v) is 2.83. The Hall–Kier alpha value is -2.64. The van der Waals surface area contributed by atoms with Crippen molar-refractivity contribution in [1.82, 2.24) is 15.6 Å². The van der Waals surface area contributed by atoms with Crippen LogP contribution in [0.4, 0.5) is 0 Å². The fraction of sp³-hybridized carbons (Fsp3) is 0.400. The summed E-state index contributed by atoms with van der Waals surface area (Å²) in [5, 5.41) is 6.21. The molecule has 0 radical (unpaired) electrons. The van der Waals surface area contributed by atoms with E-state index in [4.69, 9.17) is 14.2 Å². The number of methoxy groups -OCH3 is 1. The van der Waals surface area contributed by atoms with Crippen molar-refractivity contribution in [2.75, 3.05) is 26.9 Å². The predicted molar refractivity (Wildman–Crippen MR) is 101 cm³/mol. The average molecular weight is 371 g/mol. The van der Waals surface area contributed by atoms with Gasteiger partial charge in [0.05, 0.1) is 20.3 Å². The molecule has 7 nitrogen and oxygen atoms in total. The monoisotopic (exact) mass is 371 g/mol. The van der Waals surface area contributed by atoms with Gasteiger partial charge >= 0.3 is 0 Å². The van der Waals surface area contributed by atoms with Crippen LogP contribution in [0, 0.1) is 0 Å². The van der Waals surface area contributed by atoms with Crippen LogP contribution in [0.5, 0.6) is 11.5 Å². The van der Waals surface area contributed by atoms with E-state index in [0.717, 1.165) is 17.7 Å². The van der Waals surface area contributed by atoms with E-state index < -0.39 is 0 Å². The van der Waals surface area contributed by atoms with E-state index in [1.54, 1.807) is 19.5 Å². The molecule has 0 aliphatic carbocycles. The van der Waals surface area contributed by atoms with Crippen LogP contribution < -0.4 is 20.1 Å². The van der Waals surface area contributed by atoms with Crippen molar-refractivity contribution in [2.24, 2.45) is 0 Å². The van der Waals surface area contributed by atoms with Crippen LogP contribution in [0.2, 0.25) is 0 Å². The number of hydrogen-bond acceptors (Lipinski definition) is 6. The van der Waals surface area contributed by atoms with Crippen molar-refractivity contribution in [3.05, 3.63) is 53.9 Å². The molecule has 0 saturated carbocycles. The van der Waals surface area contributed by atoms with Crippen LogP contribution in [0.15, 0.2) is 42.7 Å². The number of pyridine rings is 1. The van der Waals surface area contributed by atoms with E-state index in [0.29, 0.717) is 44.3 Å². The lowest BCUT2D eigenvalue weighted by Crippen LogP contribution is -2.44. The maximum atomic E-state index is 12.1. The van der Waals surface area contributed by atoms with Crippen LogP contribution in [-0.4, -0.2) is 43.8 Å². The Labute approximate surface area is 159 Å². The highest BCUT2D eigenvalue weighted by Gasteiger charge is 2.16. The van der Waals surface area contributed by atoms with Crippen LogP contribution in [-0.2, 0) is 22.7 Å². The molecule has 1 aliphatic heterocycles. The van der Waals surface area contributed by atoms with Crippen molar-refractivity contribution in [3.8, 4) is 11.5 Å². The number of benzene rings is 1. The number of nitrogens with zero attached hydrogens (tertiary/aromatic N) is 1. The second kappa shape index (κ2) is 9.89. The molecule has 2 heterocycles. The van der Waals surface area contributed by atoms with Crippen molar-refractivity contribution in [2.45, 2.75) is 25.6 Å². The summed E-state index contributed by atoms with van der Waals surface area (Å²) in [6.45, 7) is 2.91. The third-order valence-electron chi connectivity index (χ3n) is 4.27. The Morgan fingerprint density at radius 3 is 3.00 bits per heavy atom. The maximum Gasteiger partial charge on any atom is 0.221 e. The number of nitrogens with one attached hydrogen (secondary N) is 2. The van der Waals surface area contributed by atoms with Gasteiger partial charge in [0.15, 0.2) is 11.5 Å². The van der Waals surface area contributed by atoms with Gasteiger partial charge in [0, 0.05) is 43.5 Å². The Kier molecular flexibility index (Phi) is 7.01. The van der Waals surface area contributed by atoms with Gasteiger partial charge in [0.2, 0.25) is 5.91 Å². The zero-order chi connectivity index (χ0) is 18.9. The molecular formula is C20H25N3O4. The molecule has 27 heavy (non-hydrogen) atoms. The number of carbonyl (C=O) groups is 1. The molecular weight excluding hydrogens is 346 g/mol. The van der Waals surface area contributed by atoms with Gasteiger partial charge in [0.25, 0.3) is 0 Å². The Balaban J connectivity index is 1.51. The van der Waals surface area contributed by atoms with Gasteiger partial charge < -0.3 is 24.8 Å². The first-order valence-corrected chi connectivity index (χ1v) is 9.01. The highest BCUT2D eigenvalue weighted by atomic mass is 16.5. The van der Waals surface area contributed by atoms with Crippen molar-refractivity contribution < 1.29 is 19.0 Å². The summed E-state index contributed by atoms with van der Waals surface area (Å²) in [7, 11) is 1.60. The van der Waals surface area contributed by atoms with Gasteiger partial charge in [-0.3, -0.25) is 9.78 Å². The highest BCUT2D eigenvalue weighted by molar-refractivity contribution is 5.76. The number of ether oxygens (including phenoxy) is 3. The molecule has 1 aromatic heterocycles. The largest absolute Gasteiger partial charge is 0.493 e. The average Bonchev–Trinajstić information content (AvgIpc) is 2.72. The molecule has 0 spiro atoms. The Morgan fingerprint density at radius 1 is 1.33 bits per heavy atom. The van der Waals surface area contributed by atoms with Gasteiger partial charge in [-0.2, -0.15) is 0 Å². The molecule has 7 heteroatoms. The quantitative estimate of drug-likeness (QED) is 0.735. The molecule has 1 aliphatic rings. The zero-order valence-corrected chi connectivity index (χ0v) is 15.4. The van der Waals surface area contributed by atoms with Gasteiger partial charge in [0.1, 0.15) is 6.61 Å². The van der Waals surface area contributed by atoms with Crippen LogP contribution in [0.3, 0.4) is 0 Å². The normalized spacial score (nSPS) is 16.6. The summed E-state index contributed by atoms with van der Waals surface area (Å²) in [6.07, 6.45) is 3.90. The molecule has 144 valence electrons. The summed E-state index contributed by atoms with van der Waals surface area (Å²) < 4.78 is 16.6. The summed E-state index contributed by atoms with van der Waals surface area (Å²) in [6, 6.07) is 9.56. The molecule has 3 rings (SSSR count). The van der Waals surface area contributed by atoms with Crippen LogP contribution >= 0.6 is 0 Å². The number of hydrogen-bond donors (Lipinski definition) is 2. The molecule has 2 aromatic rings. The second-order valence-corrected chi connectivity index (χ2v) is 6.34. The Morgan fingerprint density at radius 2 is 2.26 bits per heavy atom. The van der Waals surface area contributed by atoms with E-state index in [1.165, 1.54) is 0 Å². The van der Waals surface area contributed by atoms with Gasteiger partial charge in [-0.15, -0.1) is 0 Å². The van der Waals surface area contributed by atoms with E-state index in [2.05, 4.69) is 15.6 Å². The SMILES string of the molecule is COc1cc(CNC(=O)CC2COCCN2)ccc1OCc1cccnc1. The van der Waals surface area contributed by atoms with E-state index in [1.807, 2.05) is 30.3 Å². The molecule has 1 aromatic carbocycles. The molecule has 1 saturated heterocycles. The Bertz CT molecular complexity index is 733. The summed E-state index contributed by atoms with van der Waals surface area (Å²) in [5.41, 5.74) is 1.93. The van der Waals surface area contributed by atoms with Crippen LogP contribution in [0.25, 0.3) is 0 Å². The lowest BCUT2D eigenvalue weighted by Gasteiger charge is -2.23. The molecule has 1 unspecified atom stereocenters.